The molecule has 164 valence electrons. The molecule has 3 rings (SSSR count). The SMILES string of the molecule is CCC(C(=O)O)n1c(=NC(=O)c2cc(F)ccc2C(F)(F)F)sc2cc(F)c(F)cc21. The number of amides is 1. The number of rotatable bonds is 4. The van der Waals surface area contributed by atoms with Gasteiger partial charge in [0.05, 0.1) is 21.3 Å². The molecule has 5 nitrogen and oxygen atoms in total. The maximum atomic E-state index is 13.8. The van der Waals surface area contributed by atoms with Crippen molar-refractivity contribution in [3.05, 3.63) is 63.7 Å². The average molecular weight is 462 g/mol. The number of carboxylic acids is 1. The second-order valence-corrected chi connectivity index (χ2v) is 7.36. The molecule has 1 aromatic heterocycles. The number of hydrogen-bond donors (Lipinski definition) is 1. The van der Waals surface area contributed by atoms with Crippen LogP contribution in [0.3, 0.4) is 0 Å². The van der Waals surface area contributed by atoms with Crippen molar-refractivity contribution in [3.8, 4) is 0 Å². The highest BCUT2D eigenvalue weighted by Crippen LogP contribution is 2.33. The zero-order chi connectivity index (χ0) is 23.1. The van der Waals surface area contributed by atoms with Gasteiger partial charge in [-0.2, -0.15) is 18.2 Å². The number of aliphatic carboxylic acids is 1. The highest BCUT2D eigenvalue weighted by molar-refractivity contribution is 7.16. The second kappa shape index (κ2) is 8.17. The number of hydrogen-bond acceptors (Lipinski definition) is 3. The average Bonchev–Trinajstić information content (AvgIpc) is 2.98. The second-order valence-electron chi connectivity index (χ2n) is 6.36. The van der Waals surface area contributed by atoms with Crippen LogP contribution in [0.25, 0.3) is 10.2 Å². The van der Waals surface area contributed by atoms with Gasteiger partial charge in [0, 0.05) is 6.07 Å². The molecule has 0 aliphatic rings. The lowest BCUT2D eigenvalue weighted by Gasteiger charge is -2.14. The number of thiazole rings is 1. The number of fused-ring (bicyclic) bond motifs is 1. The molecule has 0 spiro atoms. The van der Waals surface area contributed by atoms with Crippen LogP contribution in [0.15, 0.2) is 35.3 Å². The molecule has 0 saturated carbocycles. The Bertz CT molecular complexity index is 1260. The monoisotopic (exact) mass is 462 g/mol. The number of benzene rings is 2. The minimum atomic E-state index is -4.98. The van der Waals surface area contributed by atoms with Crippen LogP contribution in [-0.4, -0.2) is 21.6 Å². The van der Waals surface area contributed by atoms with Crippen LogP contribution in [0.4, 0.5) is 26.3 Å². The summed E-state index contributed by atoms with van der Waals surface area (Å²) in [6.07, 6.45) is -5.04. The third-order valence-corrected chi connectivity index (χ3v) is 5.38. The highest BCUT2D eigenvalue weighted by atomic mass is 32.1. The van der Waals surface area contributed by atoms with Gasteiger partial charge in [0.25, 0.3) is 5.91 Å². The molecular formula is C19H12F6N2O3S. The summed E-state index contributed by atoms with van der Waals surface area (Å²) >= 11 is 0.579. The Balaban J connectivity index is 2.31. The third kappa shape index (κ3) is 4.33. The minimum Gasteiger partial charge on any atom is -0.480 e. The molecule has 0 radical (unpaired) electrons. The standard InChI is InChI=1S/C19H12F6N2O3S/c1-2-13(17(29)30)27-14-6-11(21)12(22)7-15(14)31-18(27)26-16(28)9-5-8(20)3-4-10(9)19(23,24)25/h3-7,13H,2H2,1H3,(H,29,30). The van der Waals surface area contributed by atoms with Crippen LogP contribution in [0.1, 0.15) is 35.3 Å². The van der Waals surface area contributed by atoms with Crippen molar-refractivity contribution in [2.45, 2.75) is 25.6 Å². The number of alkyl halides is 3. The first kappa shape index (κ1) is 22.5. The molecule has 1 atom stereocenters. The van der Waals surface area contributed by atoms with E-state index in [1.165, 1.54) is 6.92 Å². The first-order valence-corrected chi connectivity index (χ1v) is 9.44. The first-order valence-electron chi connectivity index (χ1n) is 8.62. The zero-order valence-corrected chi connectivity index (χ0v) is 16.3. The van der Waals surface area contributed by atoms with Crippen molar-refractivity contribution in [1.29, 1.82) is 0 Å². The third-order valence-electron chi connectivity index (χ3n) is 4.37. The Morgan fingerprint density at radius 2 is 1.77 bits per heavy atom. The van der Waals surface area contributed by atoms with Gasteiger partial charge in [0.2, 0.25) is 0 Å². The van der Waals surface area contributed by atoms with Gasteiger partial charge in [-0.1, -0.05) is 18.3 Å². The predicted molar refractivity (Wildman–Crippen MR) is 98.0 cm³/mol. The van der Waals surface area contributed by atoms with Crippen molar-refractivity contribution >= 4 is 33.4 Å². The van der Waals surface area contributed by atoms with Gasteiger partial charge in [0.15, 0.2) is 16.4 Å². The van der Waals surface area contributed by atoms with E-state index in [-0.39, 0.29) is 16.6 Å². The van der Waals surface area contributed by atoms with Crippen LogP contribution in [0, 0.1) is 17.5 Å². The van der Waals surface area contributed by atoms with Gasteiger partial charge < -0.3 is 9.67 Å². The van der Waals surface area contributed by atoms with Gasteiger partial charge in [-0.3, -0.25) is 4.79 Å². The Morgan fingerprint density at radius 1 is 1.13 bits per heavy atom. The molecule has 0 saturated heterocycles. The molecular weight excluding hydrogens is 450 g/mol. The van der Waals surface area contributed by atoms with E-state index in [1.54, 1.807) is 0 Å². The van der Waals surface area contributed by atoms with Crippen molar-refractivity contribution in [2.24, 2.45) is 4.99 Å². The molecule has 1 heterocycles. The van der Waals surface area contributed by atoms with E-state index < -0.39 is 57.5 Å². The van der Waals surface area contributed by atoms with E-state index in [1.807, 2.05) is 0 Å². The largest absolute Gasteiger partial charge is 0.480 e. The Morgan fingerprint density at radius 3 is 2.35 bits per heavy atom. The maximum absolute atomic E-state index is 13.8. The van der Waals surface area contributed by atoms with E-state index in [4.69, 9.17) is 0 Å². The summed E-state index contributed by atoms with van der Waals surface area (Å²) in [5.41, 5.74) is -2.63. The van der Waals surface area contributed by atoms with Gasteiger partial charge in [-0.25, -0.2) is 18.0 Å². The molecule has 0 aliphatic heterocycles. The fourth-order valence-electron chi connectivity index (χ4n) is 2.97. The lowest BCUT2D eigenvalue weighted by Crippen LogP contribution is -2.27. The van der Waals surface area contributed by atoms with Gasteiger partial charge in [-0.05, 0) is 30.7 Å². The molecule has 1 N–H and O–H groups in total. The Labute approximate surface area is 173 Å². The zero-order valence-electron chi connectivity index (χ0n) is 15.5. The normalized spacial score (nSPS) is 13.6. The molecule has 0 aliphatic carbocycles. The molecule has 3 aromatic rings. The maximum Gasteiger partial charge on any atom is 0.417 e. The van der Waals surface area contributed by atoms with Gasteiger partial charge in [-0.15, -0.1) is 0 Å². The molecule has 2 aromatic carbocycles. The molecule has 1 unspecified atom stereocenters. The topological polar surface area (TPSA) is 71.7 Å². The molecule has 0 fully saturated rings. The summed E-state index contributed by atoms with van der Waals surface area (Å²) in [4.78, 5) is 27.3. The Kier molecular flexibility index (Phi) is 5.94. The summed E-state index contributed by atoms with van der Waals surface area (Å²) in [5, 5.41) is 9.48. The lowest BCUT2D eigenvalue weighted by atomic mass is 10.1. The summed E-state index contributed by atoms with van der Waals surface area (Å²) in [6.45, 7) is 1.47. The smallest absolute Gasteiger partial charge is 0.417 e. The highest BCUT2D eigenvalue weighted by Gasteiger charge is 2.35. The number of carbonyl (C=O) groups is 2. The lowest BCUT2D eigenvalue weighted by molar-refractivity contribution is -0.141. The summed E-state index contributed by atoms with van der Waals surface area (Å²) < 4.78 is 81.5. The molecule has 1 amide bonds. The van der Waals surface area contributed by atoms with E-state index in [9.17, 15) is 41.0 Å². The van der Waals surface area contributed by atoms with Crippen molar-refractivity contribution in [2.75, 3.05) is 0 Å². The van der Waals surface area contributed by atoms with Crippen LogP contribution >= 0.6 is 11.3 Å². The van der Waals surface area contributed by atoms with E-state index >= 15 is 0 Å². The number of carboxylic acid groups (broad SMARTS) is 1. The van der Waals surface area contributed by atoms with Gasteiger partial charge in [0.1, 0.15) is 11.9 Å². The summed E-state index contributed by atoms with van der Waals surface area (Å²) in [5.74, 6) is -6.53. The first-order chi connectivity index (χ1) is 14.4. The van der Waals surface area contributed by atoms with E-state index in [2.05, 4.69) is 4.99 Å². The van der Waals surface area contributed by atoms with Crippen LogP contribution in [0.5, 0.6) is 0 Å². The van der Waals surface area contributed by atoms with Gasteiger partial charge >= 0.3 is 12.1 Å². The quantitative estimate of drug-likeness (QED) is 0.560. The number of carbonyl (C=O) groups excluding carboxylic acids is 1. The summed E-state index contributed by atoms with van der Waals surface area (Å²) in [6, 6.07) is 1.36. The van der Waals surface area contributed by atoms with Crippen LogP contribution < -0.4 is 4.80 Å². The number of aromatic nitrogens is 1. The number of nitrogens with zero attached hydrogens (tertiary/aromatic N) is 2. The van der Waals surface area contributed by atoms with E-state index in [0.29, 0.717) is 35.6 Å². The van der Waals surface area contributed by atoms with Crippen molar-refractivity contribution in [3.63, 3.8) is 0 Å². The van der Waals surface area contributed by atoms with E-state index in [0.717, 1.165) is 10.6 Å². The minimum absolute atomic E-state index is 0.0143. The predicted octanol–water partition coefficient (Wildman–Crippen LogP) is 4.92. The fourth-order valence-corrected chi connectivity index (χ4v) is 4.05. The molecule has 12 heteroatoms. The number of halogens is 6. The van der Waals surface area contributed by atoms with Crippen LogP contribution in [0.2, 0.25) is 0 Å². The molecule has 31 heavy (non-hydrogen) atoms. The molecule has 0 bridgehead atoms. The Hall–Kier alpha value is -3.15. The van der Waals surface area contributed by atoms with Crippen LogP contribution in [-0.2, 0) is 11.0 Å². The van der Waals surface area contributed by atoms with Crippen molar-refractivity contribution < 1.29 is 41.0 Å². The summed E-state index contributed by atoms with van der Waals surface area (Å²) in [7, 11) is 0. The van der Waals surface area contributed by atoms with Crippen molar-refractivity contribution in [1.82, 2.24) is 4.57 Å². The fraction of sp³-hybridized carbons (Fsp3) is 0.211.